The van der Waals surface area contributed by atoms with Crippen molar-refractivity contribution in [2.75, 3.05) is 11.9 Å². The van der Waals surface area contributed by atoms with Gasteiger partial charge >= 0.3 is 0 Å². The number of aryl methyl sites for hydroxylation is 1. The smallest absolute Gasteiger partial charge is 0.247 e. The highest BCUT2D eigenvalue weighted by molar-refractivity contribution is 5.95. The molecule has 0 aliphatic heterocycles. The van der Waals surface area contributed by atoms with Crippen molar-refractivity contribution in [3.8, 4) is 17.2 Å². The summed E-state index contributed by atoms with van der Waals surface area (Å²) in [6.45, 7) is 2.36. The third-order valence-electron chi connectivity index (χ3n) is 5.76. The Bertz CT molecular complexity index is 1340. The Hall–Kier alpha value is -4.35. The average Bonchev–Trinajstić information content (AvgIpc) is 3.31. The zero-order valence-electron chi connectivity index (χ0n) is 19.4. The fourth-order valence-corrected chi connectivity index (χ4v) is 3.76. The third kappa shape index (κ3) is 5.78. The molecule has 8 heteroatoms. The van der Waals surface area contributed by atoms with Crippen LogP contribution in [0.15, 0.2) is 79.3 Å². The fraction of sp³-hybridized carbons (Fsp3) is 0.185. The number of pyridine rings is 1. The molecule has 1 amide bonds. The van der Waals surface area contributed by atoms with Crippen molar-refractivity contribution in [1.29, 1.82) is 5.26 Å². The summed E-state index contributed by atoms with van der Waals surface area (Å²) in [6, 6.07) is 18.8. The van der Waals surface area contributed by atoms with Gasteiger partial charge in [0.25, 0.3) is 0 Å². The molecule has 0 saturated carbocycles. The number of anilines is 1. The highest BCUT2D eigenvalue weighted by atomic mass is 19.1. The molecule has 0 spiro atoms. The number of halogens is 1. The first-order valence-electron chi connectivity index (χ1n) is 11.2. The van der Waals surface area contributed by atoms with Crippen molar-refractivity contribution in [3.63, 3.8) is 0 Å². The Labute approximate surface area is 203 Å². The molecule has 0 fully saturated rings. The van der Waals surface area contributed by atoms with Crippen LogP contribution in [0.1, 0.15) is 35.6 Å². The Balaban J connectivity index is 1.47. The van der Waals surface area contributed by atoms with Gasteiger partial charge in [0, 0.05) is 37.1 Å². The molecule has 2 aromatic heterocycles. The van der Waals surface area contributed by atoms with Crippen molar-refractivity contribution in [1.82, 2.24) is 20.1 Å². The quantitative estimate of drug-likeness (QED) is 0.395. The maximum absolute atomic E-state index is 14.1. The summed E-state index contributed by atoms with van der Waals surface area (Å²) in [7, 11) is 1.85. The van der Waals surface area contributed by atoms with Crippen LogP contribution in [0.3, 0.4) is 0 Å². The van der Waals surface area contributed by atoms with E-state index in [2.05, 4.69) is 20.7 Å². The lowest BCUT2D eigenvalue weighted by Crippen LogP contribution is -2.35. The van der Waals surface area contributed by atoms with Gasteiger partial charge in [-0.15, -0.1) is 0 Å². The van der Waals surface area contributed by atoms with Gasteiger partial charge < -0.3 is 10.6 Å². The van der Waals surface area contributed by atoms with Crippen LogP contribution in [0.25, 0.3) is 11.1 Å². The Morgan fingerprint density at radius 3 is 2.51 bits per heavy atom. The van der Waals surface area contributed by atoms with Gasteiger partial charge in [-0.2, -0.15) is 10.4 Å². The highest BCUT2D eigenvalue weighted by Crippen LogP contribution is 2.22. The number of aromatic nitrogens is 3. The van der Waals surface area contributed by atoms with Gasteiger partial charge in [0.2, 0.25) is 5.91 Å². The van der Waals surface area contributed by atoms with Crippen molar-refractivity contribution < 1.29 is 9.18 Å². The Morgan fingerprint density at radius 2 is 1.89 bits per heavy atom. The predicted molar refractivity (Wildman–Crippen MR) is 132 cm³/mol. The molecule has 0 unspecified atom stereocenters. The van der Waals surface area contributed by atoms with Crippen LogP contribution in [0.2, 0.25) is 0 Å². The SMILES string of the molecule is C[C@H](CN[C@H](C(=O)Nc1ccc(-c2cnn(C)c2)cn1)c1ccccc1)c1ccc(C#N)c(F)c1. The van der Waals surface area contributed by atoms with Gasteiger partial charge in [-0.25, -0.2) is 9.37 Å². The molecule has 0 radical (unpaired) electrons. The highest BCUT2D eigenvalue weighted by Gasteiger charge is 2.22. The molecular formula is C27H25FN6O. The number of rotatable bonds is 8. The number of carbonyl (C=O) groups is 1. The van der Waals surface area contributed by atoms with E-state index in [1.165, 1.54) is 12.1 Å². The van der Waals surface area contributed by atoms with Gasteiger partial charge in [0.05, 0.1) is 11.8 Å². The van der Waals surface area contributed by atoms with E-state index in [9.17, 15) is 9.18 Å². The van der Waals surface area contributed by atoms with E-state index in [-0.39, 0.29) is 17.4 Å². The molecule has 0 aliphatic rings. The molecule has 0 aliphatic carbocycles. The number of amides is 1. The van der Waals surface area contributed by atoms with E-state index in [0.29, 0.717) is 12.4 Å². The van der Waals surface area contributed by atoms with Crippen LogP contribution in [-0.4, -0.2) is 27.2 Å². The van der Waals surface area contributed by atoms with Gasteiger partial charge in [-0.1, -0.05) is 43.3 Å². The number of nitriles is 1. The standard InChI is InChI=1S/C27H25FN6O/c1-18(20-8-9-21(13-29)24(28)12-20)14-31-26(19-6-4-3-5-7-19)27(35)33-25-11-10-22(15-30-25)23-16-32-34(2)17-23/h3-12,15-18,26,31H,14H2,1-2H3,(H,30,33,35)/t18-,26+/m1/s1. The van der Waals surface area contributed by atoms with E-state index in [1.54, 1.807) is 29.2 Å². The van der Waals surface area contributed by atoms with Gasteiger partial charge in [-0.3, -0.25) is 9.48 Å². The first kappa shape index (κ1) is 23.8. The number of carbonyl (C=O) groups excluding carboxylic acids is 1. The zero-order valence-corrected chi connectivity index (χ0v) is 19.4. The number of hydrogen-bond acceptors (Lipinski definition) is 5. The first-order chi connectivity index (χ1) is 16.9. The molecule has 2 atom stereocenters. The molecule has 7 nitrogen and oxygen atoms in total. The molecular weight excluding hydrogens is 443 g/mol. The number of hydrogen-bond donors (Lipinski definition) is 2. The van der Waals surface area contributed by atoms with Crippen molar-refractivity contribution in [2.24, 2.45) is 7.05 Å². The second kappa shape index (κ2) is 10.7. The minimum Gasteiger partial charge on any atom is -0.309 e. The van der Waals surface area contributed by atoms with Crippen LogP contribution < -0.4 is 10.6 Å². The van der Waals surface area contributed by atoms with Gasteiger partial charge in [-0.05, 0) is 41.3 Å². The minimum absolute atomic E-state index is 0.0116. The summed E-state index contributed by atoms with van der Waals surface area (Å²) in [5.41, 5.74) is 3.40. The molecule has 2 N–H and O–H groups in total. The summed E-state index contributed by atoms with van der Waals surface area (Å²) >= 11 is 0. The molecule has 4 rings (SSSR count). The van der Waals surface area contributed by atoms with Crippen molar-refractivity contribution >= 4 is 11.7 Å². The van der Waals surface area contributed by atoms with Crippen LogP contribution >= 0.6 is 0 Å². The lowest BCUT2D eigenvalue weighted by atomic mass is 9.98. The summed E-state index contributed by atoms with van der Waals surface area (Å²) < 4.78 is 15.8. The molecule has 35 heavy (non-hydrogen) atoms. The molecule has 0 bridgehead atoms. The van der Waals surface area contributed by atoms with Crippen LogP contribution in [0, 0.1) is 17.1 Å². The normalized spacial score (nSPS) is 12.5. The summed E-state index contributed by atoms with van der Waals surface area (Å²) in [6.07, 6.45) is 5.34. The van der Waals surface area contributed by atoms with E-state index in [0.717, 1.165) is 22.3 Å². The fourth-order valence-electron chi connectivity index (χ4n) is 3.76. The number of nitrogens with one attached hydrogen (secondary N) is 2. The van der Waals surface area contributed by atoms with Crippen LogP contribution in [0.4, 0.5) is 10.2 Å². The Kier molecular flexibility index (Phi) is 7.29. The van der Waals surface area contributed by atoms with E-state index < -0.39 is 11.9 Å². The maximum atomic E-state index is 14.1. The van der Waals surface area contributed by atoms with Crippen LogP contribution in [0.5, 0.6) is 0 Å². The summed E-state index contributed by atoms with van der Waals surface area (Å²) in [5, 5.41) is 19.3. The van der Waals surface area contributed by atoms with E-state index in [1.807, 2.05) is 62.6 Å². The molecule has 2 aromatic carbocycles. The molecule has 176 valence electrons. The Morgan fingerprint density at radius 1 is 1.09 bits per heavy atom. The van der Waals surface area contributed by atoms with Gasteiger partial charge in [0.1, 0.15) is 23.7 Å². The monoisotopic (exact) mass is 468 g/mol. The van der Waals surface area contributed by atoms with Gasteiger partial charge in [0.15, 0.2) is 0 Å². The largest absolute Gasteiger partial charge is 0.309 e. The van der Waals surface area contributed by atoms with Crippen molar-refractivity contribution in [3.05, 3.63) is 102 Å². The molecule has 4 aromatic rings. The topological polar surface area (TPSA) is 95.6 Å². The maximum Gasteiger partial charge on any atom is 0.247 e. The number of benzene rings is 2. The van der Waals surface area contributed by atoms with E-state index in [4.69, 9.17) is 5.26 Å². The lowest BCUT2D eigenvalue weighted by molar-refractivity contribution is -0.118. The van der Waals surface area contributed by atoms with E-state index >= 15 is 0 Å². The second-order valence-corrected chi connectivity index (χ2v) is 8.33. The minimum atomic E-state index is -0.637. The molecule has 2 heterocycles. The second-order valence-electron chi connectivity index (χ2n) is 8.33. The molecule has 0 saturated heterocycles. The average molecular weight is 469 g/mol. The predicted octanol–water partition coefficient (Wildman–Crippen LogP) is 4.57. The zero-order chi connectivity index (χ0) is 24.8. The number of nitrogens with zero attached hydrogens (tertiary/aromatic N) is 4. The first-order valence-corrected chi connectivity index (χ1v) is 11.2. The van der Waals surface area contributed by atoms with Crippen molar-refractivity contribution in [2.45, 2.75) is 18.9 Å². The summed E-state index contributed by atoms with van der Waals surface area (Å²) in [4.78, 5) is 17.6. The third-order valence-corrected chi connectivity index (χ3v) is 5.76. The summed E-state index contributed by atoms with van der Waals surface area (Å²) in [5.74, 6) is -0.452. The van der Waals surface area contributed by atoms with Crippen LogP contribution in [-0.2, 0) is 11.8 Å². The lowest BCUT2D eigenvalue weighted by Gasteiger charge is -2.21.